The average Bonchev–Trinajstić information content (AvgIpc) is 3.07. The monoisotopic (exact) mass is 455 g/mol. The van der Waals surface area contributed by atoms with Crippen LogP contribution in [0.2, 0.25) is 5.02 Å². The van der Waals surface area contributed by atoms with E-state index in [4.69, 9.17) is 16.6 Å². The van der Waals surface area contributed by atoms with E-state index < -0.39 is 0 Å². The van der Waals surface area contributed by atoms with E-state index >= 15 is 0 Å². The number of aromatic nitrogens is 2. The van der Waals surface area contributed by atoms with Crippen LogP contribution in [0.15, 0.2) is 71.2 Å². The van der Waals surface area contributed by atoms with Gasteiger partial charge in [0.15, 0.2) is 0 Å². The van der Waals surface area contributed by atoms with Gasteiger partial charge in [-0.05, 0) is 48.4 Å². The molecule has 0 fully saturated rings. The zero-order valence-corrected chi connectivity index (χ0v) is 17.1. The standard InChI is InChI=1S/C22H16BrClFN3/c23-15-4-3-5-16(25)21(15)20-12-18(13-8-10-14(24)11-9-13)27-22-26-17-6-1-2-7-19(17)28(20)22/h1-11,18,20H,12H2,(H,26,27). The Morgan fingerprint density at radius 3 is 2.61 bits per heavy atom. The number of hydrogen-bond donors (Lipinski definition) is 1. The number of nitrogens with one attached hydrogen (secondary N) is 1. The molecule has 2 atom stereocenters. The van der Waals surface area contributed by atoms with Crippen LogP contribution in [0.4, 0.5) is 10.3 Å². The van der Waals surface area contributed by atoms with Crippen LogP contribution >= 0.6 is 27.5 Å². The highest BCUT2D eigenvalue weighted by Crippen LogP contribution is 2.43. The molecule has 1 aliphatic rings. The van der Waals surface area contributed by atoms with Crippen molar-refractivity contribution in [3.63, 3.8) is 0 Å². The van der Waals surface area contributed by atoms with Gasteiger partial charge in [0.05, 0.1) is 23.1 Å². The van der Waals surface area contributed by atoms with Crippen LogP contribution in [0.1, 0.15) is 29.6 Å². The lowest BCUT2D eigenvalue weighted by Gasteiger charge is -2.34. The van der Waals surface area contributed by atoms with E-state index in [2.05, 4.69) is 25.8 Å². The number of nitrogens with zero attached hydrogens (tertiary/aromatic N) is 2. The quantitative estimate of drug-likeness (QED) is 0.362. The Hall–Kier alpha value is -2.37. The third-order valence-corrected chi connectivity index (χ3v) is 6.22. The van der Waals surface area contributed by atoms with Crippen molar-refractivity contribution >= 4 is 44.5 Å². The number of anilines is 1. The maximum absolute atomic E-state index is 14.9. The van der Waals surface area contributed by atoms with Gasteiger partial charge < -0.3 is 9.88 Å². The molecule has 0 spiro atoms. The maximum Gasteiger partial charge on any atom is 0.204 e. The number of benzene rings is 3. The van der Waals surface area contributed by atoms with Crippen molar-refractivity contribution in [1.82, 2.24) is 9.55 Å². The first-order chi connectivity index (χ1) is 13.6. The average molecular weight is 457 g/mol. The van der Waals surface area contributed by atoms with Crippen molar-refractivity contribution in [2.24, 2.45) is 0 Å². The third-order valence-electron chi connectivity index (χ3n) is 5.28. The molecule has 1 aliphatic heterocycles. The highest BCUT2D eigenvalue weighted by molar-refractivity contribution is 9.10. The van der Waals surface area contributed by atoms with Gasteiger partial charge in [-0.2, -0.15) is 0 Å². The molecule has 2 unspecified atom stereocenters. The van der Waals surface area contributed by atoms with Gasteiger partial charge in [-0.1, -0.05) is 57.9 Å². The topological polar surface area (TPSA) is 29.9 Å². The number of fused-ring (bicyclic) bond motifs is 3. The Labute approximate surface area is 175 Å². The first-order valence-corrected chi connectivity index (χ1v) is 10.2. The molecule has 0 bridgehead atoms. The van der Waals surface area contributed by atoms with E-state index in [1.807, 2.05) is 54.6 Å². The number of imidazole rings is 1. The molecule has 1 N–H and O–H groups in total. The molecule has 140 valence electrons. The van der Waals surface area contributed by atoms with Crippen molar-refractivity contribution in [2.45, 2.75) is 18.5 Å². The molecule has 0 saturated heterocycles. The van der Waals surface area contributed by atoms with Gasteiger partial charge in [0.25, 0.3) is 0 Å². The smallest absolute Gasteiger partial charge is 0.204 e. The van der Waals surface area contributed by atoms with E-state index in [1.54, 1.807) is 6.07 Å². The fourth-order valence-corrected chi connectivity index (χ4v) is 4.73. The van der Waals surface area contributed by atoms with Crippen LogP contribution in [0, 0.1) is 5.82 Å². The molecule has 0 saturated carbocycles. The van der Waals surface area contributed by atoms with Crippen LogP contribution in [0.25, 0.3) is 11.0 Å². The Kier molecular flexibility index (Phi) is 4.37. The zero-order valence-electron chi connectivity index (χ0n) is 14.7. The Morgan fingerprint density at radius 1 is 1.04 bits per heavy atom. The first-order valence-electron chi connectivity index (χ1n) is 9.04. The van der Waals surface area contributed by atoms with Crippen LogP contribution in [-0.2, 0) is 0 Å². The van der Waals surface area contributed by atoms with Gasteiger partial charge in [0.2, 0.25) is 5.95 Å². The van der Waals surface area contributed by atoms with E-state index in [1.165, 1.54) is 6.07 Å². The van der Waals surface area contributed by atoms with Crippen LogP contribution in [-0.4, -0.2) is 9.55 Å². The lowest BCUT2D eigenvalue weighted by molar-refractivity contribution is 0.455. The normalized spacial score (nSPS) is 18.7. The van der Waals surface area contributed by atoms with Crippen LogP contribution in [0.3, 0.4) is 0 Å². The lowest BCUT2D eigenvalue weighted by atomic mass is 9.92. The van der Waals surface area contributed by atoms with E-state index in [-0.39, 0.29) is 17.9 Å². The molecule has 0 amide bonds. The fourth-order valence-electron chi connectivity index (χ4n) is 4.00. The van der Waals surface area contributed by atoms with Crippen molar-refractivity contribution in [1.29, 1.82) is 0 Å². The first kappa shape index (κ1) is 17.7. The Bertz CT molecular complexity index is 1150. The summed E-state index contributed by atoms with van der Waals surface area (Å²) in [5.74, 6) is 0.521. The van der Waals surface area contributed by atoms with Gasteiger partial charge in [-0.15, -0.1) is 0 Å². The Balaban J connectivity index is 1.71. The summed E-state index contributed by atoms with van der Waals surface area (Å²) >= 11 is 9.62. The number of hydrogen-bond acceptors (Lipinski definition) is 2. The van der Waals surface area contributed by atoms with E-state index in [0.29, 0.717) is 17.0 Å². The van der Waals surface area contributed by atoms with Crippen molar-refractivity contribution < 1.29 is 4.39 Å². The minimum Gasteiger partial charge on any atom is -0.349 e. The second-order valence-electron chi connectivity index (χ2n) is 6.93. The number of para-hydroxylation sites is 2. The predicted octanol–water partition coefficient (Wildman–Crippen LogP) is 6.74. The number of halogens is 3. The highest BCUT2D eigenvalue weighted by atomic mass is 79.9. The van der Waals surface area contributed by atoms with Gasteiger partial charge in [0.1, 0.15) is 5.82 Å². The van der Waals surface area contributed by atoms with E-state index in [9.17, 15) is 4.39 Å². The minimum absolute atomic E-state index is 0.00177. The summed E-state index contributed by atoms with van der Waals surface area (Å²) in [7, 11) is 0. The van der Waals surface area contributed by atoms with Gasteiger partial charge >= 0.3 is 0 Å². The molecule has 6 heteroatoms. The largest absolute Gasteiger partial charge is 0.349 e. The number of rotatable bonds is 2. The van der Waals surface area contributed by atoms with Gasteiger partial charge in [-0.25, -0.2) is 9.37 Å². The summed E-state index contributed by atoms with van der Waals surface area (Å²) in [6, 6.07) is 20.6. The van der Waals surface area contributed by atoms with Crippen LogP contribution in [0.5, 0.6) is 0 Å². The highest BCUT2D eigenvalue weighted by Gasteiger charge is 2.33. The summed E-state index contributed by atoms with van der Waals surface area (Å²) in [6.45, 7) is 0. The maximum atomic E-state index is 14.9. The molecule has 2 heterocycles. The summed E-state index contributed by atoms with van der Waals surface area (Å²) in [4.78, 5) is 4.77. The molecule has 1 aromatic heterocycles. The molecule has 3 aromatic carbocycles. The predicted molar refractivity (Wildman–Crippen MR) is 114 cm³/mol. The molecule has 4 aromatic rings. The van der Waals surface area contributed by atoms with E-state index in [0.717, 1.165) is 27.0 Å². The zero-order chi connectivity index (χ0) is 19.3. The third kappa shape index (κ3) is 2.90. The SMILES string of the molecule is Fc1cccc(Br)c1C1CC(c2ccc(Cl)cc2)Nc2nc3ccccc3n21. The summed E-state index contributed by atoms with van der Waals surface area (Å²) < 4.78 is 17.8. The van der Waals surface area contributed by atoms with Crippen molar-refractivity contribution in [3.8, 4) is 0 Å². The molecule has 0 radical (unpaired) electrons. The molecule has 5 rings (SSSR count). The lowest BCUT2D eigenvalue weighted by Crippen LogP contribution is -2.28. The Morgan fingerprint density at radius 2 is 1.82 bits per heavy atom. The molecule has 0 aliphatic carbocycles. The van der Waals surface area contributed by atoms with Gasteiger partial charge in [0, 0.05) is 15.1 Å². The van der Waals surface area contributed by atoms with Crippen LogP contribution < -0.4 is 5.32 Å². The molecular formula is C22H16BrClFN3. The molecular weight excluding hydrogens is 441 g/mol. The van der Waals surface area contributed by atoms with Gasteiger partial charge in [-0.3, -0.25) is 0 Å². The minimum atomic E-state index is -0.222. The molecule has 28 heavy (non-hydrogen) atoms. The summed E-state index contributed by atoms with van der Waals surface area (Å²) in [5.41, 5.74) is 3.62. The van der Waals surface area contributed by atoms with Crippen molar-refractivity contribution in [3.05, 3.63) is 93.2 Å². The van der Waals surface area contributed by atoms with Crippen molar-refractivity contribution in [2.75, 3.05) is 5.32 Å². The summed E-state index contributed by atoms with van der Waals surface area (Å²) in [5, 5.41) is 4.23. The fraction of sp³-hybridized carbons (Fsp3) is 0.136. The molecule has 3 nitrogen and oxygen atoms in total. The second-order valence-corrected chi connectivity index (χ2v) is 8.22. The second kappa shape index (κ2) is 6.90. The summed E-state index contributed by atoms with van der Waals surface area (Å²) in [6.07, 6.45) is 0.689.